The van der Waals surface area contributed by atoms with Crippen LogP contribution in [0.2, 0.25) is 0 Å². The van der Waals surface area contributed by atoms with E-state index in [1.807, 2.05) is 30.3 Å². The van der Waals surface area contributed by atoms with E-state index in [4.69, 9.17) is 4.42 Å². The van der Waals surface area contributed by atoms with Crippen molar-refractivity contribution in [1.82, 2.24) is 21.0 Å². The zero-order valence-electron chi connectivity index (χ0n) is 20.6. The van der Waals surface area contributed by atoms with Crippen LogP contribution in [0, 0.1) is 0 Å². The average Bonchev–Trinajstić information content (AvgIpc) is 3.38. The highest BCUT2D eigenvalue weighted by Gasteiger charge is 2.17. The number of ether oxygens (including phenoxy) is 1. The van der Waals surface area contributed by atoms with E-state index in [1.54, 1.807) is 48.5 Å². The fraction of sp³-hybridized carbons (Fsp3) is 0.179. The van der Waals surface area contributed by atoms with E-state index in [-0.39, 0.29) is 23.3 Å². The smallest absolute Gasteiger partial charge is 0.416 e. The molecule has 0 radical (unpaired) electrons. The van der Waals surface area contributed by atoms with Gasteiger partial charge in [0.25, 0.3) is 5.91 Å². The van der Waals surface area contributed by atoms with Crippen molar-refractivity contribution in [3.63, 3.8) is 0 Å². The molecule has 37 heavy (non-hydrogen) atoms. The van der Waals surface area contributed by atoms with E-state index in [0.29, 0.717) is 17.0 Å². The quantitative estimate of drug-likeness (QED) is 0.229. The minimum Gasteiger partial charge on any atom is -0.416 e. The van der Waals surface area contributed by atoms with E-state index in [1.165, 1.54) is 5.56 Å². The third kappa shape index (κ3) is 6.66. The number of aromatic nitrogens is 2. The standard InChI is InChI=1S/C28H26N4O5/c1-28(2,3)22-14-12-19(13-15-22)25-30-31-26(37-25)21-11-7-10-20(17-21)24(34)29-32-27(35)36-23(33)16-18-8-5-4-6-9-18/h4-15,17H,16H2,1-3H3,(H,29,34)(H,32,35). The highest BCUT2D eigenvalue weighted by molar-refractivity contribution is 5.96. The zero-order chi connectivity index (χ0) is 26.4. The van der Waals surface area contributed by atoms with Crippen LogP contribution in [0.15, 0.2) is 83.3 Å². The molecule has 4 aromatic rings. The molecule has 2 N–H and O–H groups in total. The predicted molar refractivity (Wildman–Crippen MR) is 136 cm³/mol. The number of hydrogen-bond acceptors (Lipinski definition) is 7. The topological polar surface area (TPSA) is 123 Å². The van der Waals surface area contributed by atoms with Crippen molar-refractivity contribution in [2.75, 3.05) is 0 Å². The number of rotatable bonds is 5. The maximum absolute atomic E-state index is 12.5. The number of hydrogen-bond donors (Lipinski definition) is 2. The fourth-order valence-corrected chi connectivity index (χ4v) is 3.47. The maximum atomic E-state index is 12.5. The van der Waals surface area contributed by atoms with Crippen LogP contribution in [0.4, 0.5) is 4.79 Å². The van der Waals surface area contributed by atoms with Crippen LogP contribution in [0.1, 0.15) is 42.3 Å². The largest absolute Gasteiger partial charge is 0.433 e. The van der Waals surface area contributed by atoms with Crippen LogP contribution < -0.4 is 10.9 Å². The summed E-state index contributed by atoms with van der Waals surface area (Å²) < 4.78 is 10.5. The van der Waals surface area contributed by atoms with Gasteiger partial charge in [0, 0.05) is 16.7 Å². The molecule has 0 bridgehead atoms. The molecule has 1 aromatic heterocycles. The van der Waals surface area contributed by atoms with Gasteiger partial charge in [-0.15, -0.1) is 10.2 Å². The molecule has 0 saturated carbocycles. The van der Waals surface area contributed by atoms with Crippen LogP contribution in [-0.4, -0.2) is 28.2 Å². The molecule has 0 atom stereocenters. The van der Waals surface area contributed by atoms with Gasteiger partial charge in [0.1, 0.15) is 0 Å². The molecular formula is C28H26N4O5. The molecule has 0 aliphatic rings. The molecule has 4 rings (SSSR count). The van der Waals surface area contributed by atoms with Crippen molar-refractivity contribution in [2.24, 2.45) is 0 Å². The highest BCUT2D eigenvalue weighted by Crippen LogP contribution is 2.27. The first kappa shape index (κ1) is 25.3. The number of carbonyl (C=O) groups excluding carboxylic acids is 3. The van der Waals surface area contributed by atoms with E-state index < -0.39 is 18.0 Å². The molecule has 0 aliphatic heterocycles. The first-order valence-corrected chi connectivity index (χ1v) is 11.6. The molecule has 2 amide bonds. The summed E-state index contributed by atoms with van der Waals surface area (Å²) in [5.74, 6) is -0.773. The Hall–Kier alpha value is -4.79. The van der Waals surface area contributed by atoms with Crippen LogP contribution >= 0.6 is 0 Å². The van der Waals surface area contributed by atoms with Crippen molar-refractivity contribution in [2.45, 2.75) is 32.6 Å². The monoisotopic (exact) mass is 498 g/mol. The van der Waals surface area contributed by atoms with Gasteiger partial charge in [0.05, 0.1) is 6.42 Å². The van der Waals surface area contributed by atoms with Crippen molar-refractivity contribution >= 4 is 18.0 Å². The Morgan fingerprint density at radius 1 is 0.811 bits per heavy atom. The third-order valence-corrected chi connectivity index (χ3v) is 5.47. The number of esters is 1. The number of amides is 2. The molecule has 3 aromatic carbocycles. The molecular weight excluding hydrogens is 472 g/mol. The lowest BCUT2D eigenvalue weighted by Crippen LogP contribution is -2.42. The van der Waals surface area contributed by atoms with E-state index in [9.17, 15) is 14.4 Å². The van der Waals surface area contributed by atoms with Gasteiger partial charge in [-0.1, -0.05) is 69.3 Å². The lowest BCUT2D eigenvalue weighted by atomic mass is 9.87. The van der Waals surface area contributed by atoms with Crippen molar-refractivity contribution in [1.29, 1.82) is 0 Å². The van der Waals surface area contributed by atoms with Crippen LogP contribution in [0.5, 0.6) is 0 Å². The summed E-state index contributed by atoms with van der Waals surface area (Å²) in [4.78, 5) is 36.3. The maximum Gasteiger partial charge on any atom is 0.433 e. The zero-order valence-corrected chi connectivity index (χ0v) is 20.6. The first-order valence-electron chi connectivity index (χ1n) is 11.6. The lowest BCUT2D eigenvalue weighted by molar-refractivity contribution is -0.136. The summed E-state index contributed by atoms with van der Waals surface area (Å²) in [6, 6.07) is 23.2. The third-order valence-electron chi connectivity index (χ3n) is 5.47. The van der Waals surface area contributed by atoms with Gasteiger partial charge >= 0.3 is 12.1 Å². The summed E-state index contributed by atoms with van der Waals surface area (Å²) in [7, 11) is 0. The van der Waals surface area contributed by atoms with Gasteiger partial charge in [-0.05, 0) is 46.9 Å². The molecule has 1 heterocycles. The fourth-order valence-electron chi connectivity index (χ4n) is 3.47. The molecule has 9 heteroatoms. The summed E-state index contributed by atoms with van der Waals surface area (Å²) in [6.45, 7) is 6.42. The normalized spacial score (nSPS) is 11.0. The SMILES string of the molecule is CC(C)(C)c1ccc(-c2nnc(-c3cccc(C(=O)NNC(=O)OC(=O)Cc4ccccc4)c3)o2)cc1. The lowest BCUT2D eigenvalue weighted by Gasteiger charge is -2.18. The first-order chi connectivity index (χ1) is 17.7. The number of nitrogens with zero attached hydrogens (tertiary/aromatic N) is 2. The van der Waals surface area contributed by atoms with Gasteiger partial charge in [0.15, 0.2) is 0 Å². The number of carbonyl (C=O) groups is 3. The van der Waals surface area contributed by atoms with E-state index in [0.717, 1.165) is 5.56 Å². The van der Waals surface area contributed by atoms with Crippen LogP contribution in [-0.2, 0) is 21.4 Å². The van der Waals surface area contributed by atoms with E-state index >= 15 is 0 Å². The summed E-state index contributed by atoms with van der Waals surface area (Å²) in [5.41, 5.74) is 7.73. The van der Waals surface area contributed by atoms with Crippen molar-refractivity contribution in [3.05, 3.63) is 95.6 Å². The number of hydrazine groups is 1. The van der Waals surface area contributed by atoms with E-state index in [2.05, 4.69) is 46.6 Å². The Balaban J connectivity index is 1.35. The van der Waals surface area contributed by atoms with Gasteiger partial charge in [-0.3, -0.25) is 15.0 Å². The van der Waals surface area contributed by atoms with Crippen LogP contribution in [0.3, 0.4) is 0 Å². The predicted octanol–water partition coefficient (Wildman–Crippen LogP) is 4.84. The Morgan fingerprint density at radius 2 is 1.49 bits per heavy atom. The molecule has 0 unspecified atom stereocenters. The summed E-state index contributed by atoms with van der Waals surface area (Å²) in [5, 5.41) is 8.22. The molecule has 0 spiro atoms. The van der Waals surface area contributed by atoms with Gasteiger partial charge in [0.2, 0.25) is 11.8 Å². The van der Waals surface area contributed by atoms with Crippen molar-refractivity contribution in [3.8, 4) is 22.9 Å². The second kappa shape index (κ2) is 10.9. The van der Waals surface area contributed by atoms with Crippen molar-refractivity contribution < 1.29 is 23.5 Å². The Morgan fingerprint density at radius 3 is 2.16 bits per heavy atom. The second-order valence-corrected chi connectivity index (χ2v) is 9.32. The molecule has 0 aliphatic carbocycles. The molecule has 0 saturated heterocycles. The Kier molecular flexibility index (Phi) is 7.43. The summed E-state index contributed by atoms with van der Waals surface area (Å²) >= 11 is 0. The van der Waals surface area contributed by atoms with Gasteiger partial charge < -0.3 is 9.15 Å². The minimum absolute atomic E-state index is 0.0306. The van der Waals surface area contributed by atoms with Gasteiger partial charge in [-0.2, -0.15) is 0 Å². The van der Waals surface area contributed by atoms with Gasteiger partial charge in [-0.25, -0.2) is 10.2 Å². The second-order valence-electron chi connectivity index (χ2n) is 9.32. The van der Waals surface area contributed by atoms with Crippen LogP contribution in [0.25, 0.3) is 22.9 Å². The average molecular weight is 499 g/mol. The minimum atomic E-state index is -1.09. The molecule has 9 nitrogen and oxygen atoms in total. The Labute approximate surface area is 213 Å². The number of benzene rings is 3. The Bertz CT molecular complexity index is 1410. The number of nitrogens with one attached hydrogen (secondary N) is 2. The summed E-state index contributed by atoms with van der Waals surface area (Å²) in [6.07, 6.45) is -1.17. The highest BCUT2D eigenvalue weighted by atomic mass is 16.6. The molecule has 188 valence electrons. The molecule has 0 fully saturated rings.